The van der Waals surface area contributed by atoms with Crippen molar-refractivity contribution in [3.05, 3.63) is 11.6 Å². The lowest BCUT2D eigenvalue weighted by Crippen LogP contribution is -2.51. The Morgan fingerprint density at radius 1 is 1.35 bits per heavy atom. The second-order valence-electron chi connectivity index (χ2n) is 4.94. The Morgan fingerprint density at radius 2 is 2.00 bits per heavy atom. The third-order valence-electron chi connectivity index (χ3n) is 2.86. The average Bonchev–Trinajstić information content (AvgIpc) is 2.23. The summed E-state index contributed by atoms with van der Waals surface area (Å²) in [5, 5.41) is 31.3. The van der Waals surface area contributed by atoms with Crippen molar-refractivity contribution in [1.82, 2.24) is 5.32 Å². The van der Waals surface area contributed by atoms with Crippen molar-refractivity contribution in [3.63, 3.8) is 0 Å². The third-order valence-corrected chi connectivity index (χ3v) is 2.86. The molecule has 0 fully saturated rings. The van der Waals surface area contributed by atoms with Crippen LogP contribution >= 0.6 is 0 Å². The molecule has 0 aliphatic carbocycles. The van der Waals surface area contributed by atoms with E-state index in [0.29, 0.717) is 19.4 Å². The Hall–Kier alpha value is -0.420. The van der Waals surface area contributed by atoms with Gasteiger partial charge in [0.05, 0.1) is 18.2 Å². The van der Waals surface area contributed by atoms with E-state index in [9.17, 15) is 10.2 Å². The van der Waals surface area contributed by atoms with Crippen LogP contribution in [0.5, 0.6) is 0 Å². The fourth-order valence-corrected chi connectivity index (χ4v) is 1.66. The van der Waals surface area contributed by atoms with Gasteiger partial charge in [0.25, 0.3) is 0 Å². The molecule has 0 aliphatic rings. The molecule has 4 nitrogen and oxygen atoms in total. The summed E-state index contributed by atoms with van der Waals surface area (Å²) in [4.78, 5) is 0. The van der Waals surface area contributed by atoms with Crippen LogP contribution in [-0.2, 0) is 0 Å². The molecule has 0 aromatic carbocycles. The molecule has 4 heteroatoms. The highest BCUT2D eigenvalue weighted by Crippen LogP contribution is 2.18. The second kappa shape index (κ2) is 8.64. The van der Waals surface area contributed by atoms with Gasteiger partial charge in [0.1, 0.15) is 0 Å². The molecule has 0 radical (unpaired) electrons. The summed E-state index contributed by atoms with van der Waals surface area (Å²) < 4.78 is 0. The van der Waals surface area contributed by atoms with Gasteiger partial charge in [0, 0.05) is 6.61 Å². The summed E-state index contributed by atoms with van der Waals surface area (Å²) in [5.41, 5.74) is 0.297. The smallest absolute Gasteiger partial charge is 0.0797 e. The zero-order valence-corrected chi connectivity index (χ0v) is 11.2. The zero-order chi connectivity index (χ0) is 13.3. The molecule has 0 heterocycles. The number of hydrogen-bond donors (Lipinski definition) is 4. The van der Waals surface area contributed by atoms with Gasteiger partial charge in [-0.05, 0) is 46.6 Å². The van der Waals surface area contributed by atoms with Crippen molar-refractivity contribution in [3.8, 4) is 0 Å². The lowest BCUT2D eigenvalue weighted by atomic mass is 9.91. The van der Waals surface area contributed by atoms with E-state index in [0.717, 1.165) is 6.42 Å². The monoisotopic (exact) mass is 245 g/mol. The first kappa shape index (κ1) is 16.6. The lowest BCUT2D eigenvalue weighted by molar-refractivity contribution is -0.00795. The molecule has 0 aromatic rings. The number of allylic oxidation sites excluding steroid dienone is 2. The number of aliphatic hydroxyl groups is 3. The zero-order valence-electron chi connectivity index (χ0n) is 11.2. The van der Waals surface area contributed by atoms with Crippen LogP contribution in [0, 0.1) is 0 Å². The maximum atomic E-state index is 10.3. The molecular formula is C13H27NO3. The van der Waals surface area contributed by atoms with E-state index < -0.39 is 5.60 Å². The maximum Gasteiger partial charge on any atom is 0.0797 e. The number of hydrogen-bond acceptors (Lipinski definition) is 4. The van der Waals surface area contributed by atoms with Gasteiger partial charge in [-0.3, -0.25) is 0 Å². The van der Waals surface area contributed by atoms with Gasteiger partial charge in [-0.15, -0.1) is 0 Å². The Balaban J connectivity index is 4.16. The van der Waals surface area contributed by atoms with Crippen LogP contribution in [0.3, 0.4) is 0 Å². The second-order valence-corrected chi connectivity index (χ2v) is 4.94. The normalized spacial score (nSPS) is 16.4. The van der Waals surface area contributed by atoms with E-state index >= 15 is 0 Å². The average molecular weight is 245 g/mol. The molecule has 0 saturated carbocycles. The van der Waals surface area contributed by atoms with E-state index in [1.807, 2.05) is 13.8 Å². The van der Waals surface area contributed by atoms with Gasteiger partial charge in [-0.1, -0.05) is 11.6 Å². The summed E-state index contributed by atoms with van der Waals surface area (Å²) in [5.74, 6) is 0. The first-order valence-electron chi connectivity index (χ1n) is 6.25. The molecule has 0 spiro atoms. The SMILES string of the molecule is CC(C)=CCCC(C)(O)C(CO)NCCCO. The molecule has 0 saturated heterocycles. The fourth-order valence-electron chi connectivity index (χ4n) is 1.66. The van der Waals surface area contributed by atoms with E-state index in [-0.39, 0.29) is 19.3 Å². The van der Waals surface area contributed by atoms with Crippen LogP contribution in [0.2, 0.25) is 0 Å². The summed E-state index contributed by atoms with van der Waals surface area (Å²) in [7, 11) is 0. The quantitative estimate of drug-likeness (QED) is 0.358. The molecule has 0 aliphatic heterocycles. The van der Waals surface area contributed by atoms with Gasteiger partial charge in [-0.25, -0.2) is 0 Å². The molecule has 17 heavy (non-hydrogen) atoms. The Kier molecular flexibility index (Phi) is 8.43. The Morgan fingerprint density at radius 3 is 2.47 bits per heavy atom. The maximum absolute atomic E-state index is 10.3. The Bertz CT molecular complexity index is 223. The number of nitrogens with one attached hydrogen (secondary N) is 1. The predicted molar refractivity (Wildman–Crippen MR) is 69.9 cm³/mol. The van der Waals surface area contributed by atoms with E-state index in [2.05, 4.69) is 11.4 Å². The molecule has 0 amide bonds. The van der Waals surface area contributed by atoms with Crippen LogP contribution < -0.4 is 5.32 Å². The summed E-state index contributed by atoms with van der Waals surface area (Å²) in [6.45, 7) is 6.40. The molecule has 0 aromatic heterocycles. The highest BCUT2D eigenvalue weighted by molar-refractivity contribution is 4.96. The van der Waals surface area contributed by atoms with Crippen LogP contribution in [0.15, 0.2) is 11.6 Å². The van der Waals surface area contributed by atoms with Crippen molar-refractivity contribution in [1.29, 1.82) is 0 Å². The van der Waals surface area contributed by atoms with Crippen molar-refractivity contribution < 1.29 is 15.3 Å². The first-order chi connectivity index (χ1) is 7.94. The standard InChI is InChI=1S/C13H27NO3/c1-11(2)6-4-7-13(3,17)12(10-16)14-8-5-9-15/h6,12,14-17H,4-5,7-10H2,1-3H3. The molecule has 102 valence electrons. The largest absolute Gasteiger partial charge is 0.396 e. The van der Waals surface area contributed by atoms with E-state index in [4.69, 9.17) is 5.11 Å². The van der Waals surface area contributed by atoms with Crippen LogP contribution in [0.4, 0.5) is 0 Å². The van der Waals surface area contributed by atoms with Crippen LogP contribution in [0.25, 0.3) is 0 Å². The number of rotatable bonds is 9. The lowest BCUT2D eigenvalue weighted by Gasteiger charge is -2.32. The molecule has 4 N–H and O–H groups in total. The van der Waals surface area contributed by atoms with Crippen LogP contribution in [0.1, 0.15) is 40.0 Å². The van der Waals surface area contributed by atoms with E-state index in [1.165, 1.54) is 5.57 Å². The highest BCUT2D eigenvalue weighted by Gasteiger charge is 2.29. The minimum atomic E-state index is -0.934. The van der Waals surface area contributed by atoms with Gasteiger partial charge < -0.3 is 20.6 Å². The molecule has 0 rings (SSSR count). The van der Waals surface area contributed by atoms with Gasteiger partial charge >= 0.3 is 0 Å². The highest BCUT2D eigenvalue weighted by atomic mass is 16.3. The van der Waals surface area contributed by atoms with Gasteiger partial charge in [-0.2, -0.15) is 0 Å². The molecular weight excluding hydrogens is 218 g/mol. The van der Waals surface area contributed by atoms with Crippen LogP contribution in [-0.4, -0.2) is 46.7 Å². The molecule has 2 atom stereocenters. The first-order valence-corrected chi connectivity index (χ1v) is 6.25. The van der Waals surface area contributed by atoms with E-state index in [1.54, 1.807) is 6.92 Å². The predicted octanol–water partition coefficient (Wildman–Crippen LogP) is 0.817. The molecule has 0 bridgehead atoms. The van der Waals surface area contributed by atoms with Gasteiger partial charge in [0.2, 0.25) is 0 Å². The topological polar surface area (TPSA) is 72.7 Å². The summed E-state index contributed by atoms with van der Waals surface area (Å²) >= 11 is 0. The van der Waals surface area contributed by atoms with Gasteiger partial charge in [0.15, 0.2) is 0 Å². The van der Waals surface area contributed by atoms with Crippen molar-refractivity contribution in [2.24, 2.45) is 0 Å². The number of aliphatic hydroxyl groups excluding tert-OH is 2. The summed E-state index contributed by atoms with van der Waals surface area (Å²) in [6, 6.07) is -0.348. The summed E-state index contributed by atoms with van der Waals surface area (Å²) in [6.07, 6.45) is 4.11. The fraction of sp³-hybridized carbons (Fsp3) is 0.846. The third kappa shape index (κ3) is 7.49. The molecule has 2 unspecified atom stereocenters. The van der Waals surface area contributed by atoms with Crippen molar-refractivity contribution in [2.45, 2.75) is 51.7 Å². The minimum Gasteiger partial charge on any atom is -0.396 e. The minimum absolute atomic E-state index is 0.104. The van der Waals surface area contributed by atoms with Crippen molar-refractivity contribution >= 4 is 0 Å². The Labute approximate surface area is 104 Å². The van der Waals surface area contributed by atoms with Crippen molar-refractivity contribution in [2.75, 3.05) is 19.8 Å².